The summed E-state index contributed by atoms with van der Waals surface area (Å²) in [6, 6.07) is 0. The van der Waals surface area contributed by atoms with Crippen molar-refractivity contribution in [3.05, 3.63) is 18.1 Å². The molecule has 10 heteroatoms. The van der Waals surface area contributed by atoms with Gasteiger partial charge in [0.1, 0.15) is 17.8 Å². The molecule has 0 amide bonds. The molecule has 4 N–H and O–H groups in total. The number of halogens is 1. The van der Waals surface area contributed by atoms with Crippen LogP contribution in [0.25, 0.3) is 11.0 Å². The maximum Gasteiger partial charge on any atom is 0.274 e. The number of anilines is 1. The zero-order valence-corrected chi connectivity index (χ0v) is 14.5. The molecule has 0 aliphatic carbocycles. The van der Waals surface area contributed by atoms with Crippen LogP contribution in [-0.4, -0.2) is 43.0 Å². The highest BCUT2D eigenvalue weighted by molar-refractivity contribution is 7.87. The molecule has 3 heterocycles. The SMILES string of the molecule is Cc1c[nH]c2ncnc(N3CCC(CNS(N)(=O)=O)CC3)c12.Cl. The first-order valence-corrected chi connectivity index (χ1v) is 8.79. The maximum atomic E-state index is 10.9. The lowest BCUT2D eigenvalue weighted by Crippen LogP contribution is -2.40. The van der Waals surface area contributed by atoms with Crippen LogP contribution in [-0.2, 0) is 10.2 Å². The van der Waals surface area contributed by atoms with Crippen molar-refractivity contribution < 1.29 is 8.42 Å². The highest BCUT2D eigenvalue weighted by Crippen LogP contribution is 2.29. The summed E-state index contributed by atoms with van der Waals surface area (Å²) in [7, 11) is -3.60. The molecule has 8 nitrogen and oxygen atoms in total. The minimum Gasteiger partial charge on any atom is -0.356 e. The van der Waals surface area contributed by atoms with Crippen molar-refractivity contribution >= 4 is 39.5 Å². The fraction of sp³-hybridized carbons (Fsp3) is 0.538. The van der Waals surface area contributed by atoms with E-state index in [0.29, 0.717) is 12.5 Å². The number of nitrogens with two attached hydrogens (primary N) is 1. The monoisotopic (exact) mass is 360 g/mol. The van der Waals surface area contributed by atoms with Crippen LogP contribution in [0, 0.1) is 12.8 Å². The molecule has 0 bridgehead atoms. The molecule has 23 heavy (non-hydrogen) atoms. The van der Waals surface area contributed by atoms with Crippen molar-refractivity contribution in [2.24, 2.45) is 11.1 Å². The second-order valence-corrected chi connectivity index (χ2v) is 7.10. The molecule has 0 saturated carbocycles. The van der Waals surface area contributed by atoms with E-state index in [1.807, 2.05) is 13.1 Å². The van der Waals surface area contributed by atoms with Crippen LogP contribution in [0.3, 0.4) is 0 Å². The Hall–Kier alpha value is -1.42. The van der Waals surface area contributed by atoms with E-state index in [0.717, 1.165) is 48.3 Å². The van der Waals surface area contributed by atoms with Gasteiger partial charge in [-0.1, -0.05) is 0 Å². The first-order valence-electron chi connectivity index (χ1n) is 7.25. The van der Waals surface area contributed by atoms with Crippen molar-refractivity contribution in [1.82, 2.24) is 19.7 Å². The first kappa shape index (κ1) is 17.9. The van der Waals surface area contributed by atoms with Gasteiger partial charge in [0.05, 0.1) is 5.39 Å². The van der Waals surface area contributed by atoms with E-state index in [2.05, 4.69) is 24.6 Å². The third-order valence-electron chi connectivity index (χ3n) is 4.13. The first-order chi connectivity index (χ1) is 10.4. The molecule has 3 rings (SSSR count). The molecule has 0 atom stereocenters. The summed E-state index contributed by atoms with van der Waals surface area (Å²) >= 11 is 0. The number of rotatable bonds is 4. The third kappa shape index (κ3) is 4.11. The van der Waals surface area contributed by atoms with Crippen molar-refractivity contribution in [1.29, 1.82) is 0 Å². The topological polar surface area (TPSA) is 117 Å². The van der Waals surface area contributed by atoms with Crippen LogP contribution in [0.2, 0.25) is 0 Å². The number of hydrogen-bond donors (Lipinski definition) is 3. The number of fused-ring (bicyclic) bond motifs is 1. The van der Waals surface area contributed by atoms with E-state index in [4.69, 9.17) is 5.14 Å². The molecule has 2 aromatic rings. The van der Waals surface area contributed by atoms with Gasteiger partial charge in [0.15, 0.2) is 0 Å². The molecular weight excluding hydrogens is 340 g/mol. The Balaban J connectivity index is 0.00000192. The predicted octanol–water partition coefficient (Wildman–Crippen LogP) is 0.698. The summed E-state index contributed by atoms with van der Waals surface area (Å²) in [5.41, 5.74) is 1.98. The zero-order valence-electron chi connectivity index (χ0n) is 12.8. The van der Waals surface area contributed by atoms with Gasteiger partial charge in [-0.25, -0.2) is 19.8 Å². The van der Waals surface area contributed by atoms with Gasteiger partial charge < -0.3 is 9.88 Å². The van der Waals surface area contributed by atoms with Crippen LogP contribution < -0.4 is 14.8 Å². The lowest BCUT2D eigenvalue weighted by atomic mass is 9.97. The molecule has 1 saturated heterocycles. The number of hydrogen-bond acceptors (Lipinski definition) is 5. The van der Waals surface area contributed by atoms with Crippen molar-refractivity contribution in [2.45, 2.75) is 19.8 Å². The molecule has 1 fully saturated rings. The molecule has 128 valence electrons. The predicted molar refractivity (Wildman–Crippen MR) is 91.9 cm³/mol. The molecule has 2 aromatic heterocycles. The van der Waals surface area contributed by atoms with Crippen LogP contribution in [0.5, 0.6) is 0 Å². The number of nitrogens with zero attached hydrogens (tertiary/aromatic N) is 3. The van der Waals surface area contributed by atoms with Gasteiger partial charge in [0.25, 0.3) is 10.2 Å². The van der Waals surface area contributed by atoms with E-state index in [9.17, 15) is 8.42 Å². The Bertz CT molecular complexity index is 770. The van der Waals surface area contributed by atoms with Gasteiger partial charge in [-0.15, -0.1) is 12.4 Å². The Morgan fingerprint density at radius 1 is 1.39 bits per heavy atom. The molecule has 0 aromatic carbocycles. The van der Waals surface area contributed by atoms with Gasteiger partial charge in [-0.2, -0.15) is 8.42 Å². The number of H-pyrrole nitrogens is 1. The minimum atomic E-state index is -3.60. The van der Waals surface area contributed by atoms with Gasteiger partial charge in [0.2, 0.25) is 0 Å². The average molecular weight is 361 g/mol. The number of piperidine rings is 1. The smallest absolute Gasteiger partial charge is 0.274 e. The third-order valence-corrected chi connectivity index (χ3v) is 4.70. The van der Waals surface area contributed by atoms with E-state index < -0.39 is 10.2 Å². The van der Waals surface area contributed by atoms with Gasteiger partial charge >= 0.3 is 0 Å². The minimum absolute atomic E-state index is 0. The highest BCUT2D eigenvalue weighted by Gasteiger charge is 2.23. The normalized spacial score (nSPS) is 16.5. The van der Waals surface area contributed by atoms with E-state index in [1.165, 1.54) is 0 Å². The van der Waals surface area contributed by atoms with Crippen molar-refractivity contribution in [3.63, 3.8) is 0 Å². The summed E-state index contributed by atoms with van der Waals surface area (Å²) in [6.07, 6.45) is 5.31. The molecule has 0 radical (unpaired) electrons. The Morgan fingerprint density at radius 2 is 2.09 bits per heavy atom. The quantitative estimate of drug-likeness (QED) is 0.741. The van der Waals surface area contributed by atoms with Crippen LogP contribution in [0.4, 0.5) is 5.82 Å². The molecule has 0 spiro atoms. The number of aryl methyl sites for hydroxylation is 1. The summed E-state index contributed by atoms with van der Waals surface area (Å²) in [6.45, 7) is 4.12. The fourth-order valence-electron chi connectivity index (χ4n) is 2.92. The largest absolute Gasteiger partial charge is 0.356 e. The summed E-state index contributed by atoms with van der Waals surface area (Å²) in [5, 5.41) is 6.03. The molecule has 1 aliphatic heterocycles. The van der Waals surface area contributed by atoms with Gasteiger partial charge in [-0.05, 0) is 31.2 Å². The zero-order chi connectivity index (χ0) is 15.7. The highest BCUT2D eigenvalue weighted by atomic mass is 35.5. The van der Waals surface area contributed by atoms with Crippen LogP contribution >= 0.6 is 12.4 Å². The average Bonchev–Trinajstić information content (AvgIpc) is 2.87. The number of nitrogens with one attached hydrogen (secondary N) is 2. The maximum absolute atomic E-state index is 10.9. The standard InChI is InChI=1S/C13H20N6O2S.ClH/c1-9-6-15-12-11(9)13(17-8-16-12)19-4-2-10(3-5-19)7-18-22(14,20)21;/h6,8,10,18H,2-5,7H2,1H3,(H2,14,20,21)(H,15,16,17);1H. The molecular formula is C13H21ClN6O2S. The van der Waals surface area contributed by atoms with Gasteiger partial charge in [0, 0.05) is 25.8 Å². The van der Waals surface area contributed by atoms with Crippen molar-refractivity contribution in [2.75, 3.05) is 24.5 Å². The van der Waals surface area contributed by atoms with Crippen LogP contribution in [0.15, 0.2) is 12.5 Å². The van der Waals surface area contributed by atoms with E-state index in [-0.39, 0.29) is 12.4 Å². The lowest BCUT2D eigenvalue weighted by molar-refractivity contribution is 0.401. The Morgan fingerprint density at radius 3 is 2.74 bits per heavy atom. The Kier molecular flexibility index (Phi) is 5.45. The summed E-state index contributed by atoms with van der Waals surface area (Å²) < 4.78 is 24.3. The second-order valence-electron chi connectivity index (χ2n) is 5.72. The molecule has 0 unspecified atom stereocenters. The summed E-state index contributed by atoms with van der Waals surface area (Å²) in [5.74, 6) is 1.25. The summed E-state index contributed by atoms with van der Waals surface area (Å²) in [4.78, 5) is 14.1. The van der Waals surface area contributed by atoms with Crippen molar-refractivity contribution in [3.8, 4) is 0 Å². The Labute approximate surface area is 141 Å². The molecule has 1 aliphatic rings. The fourth-order valence-corrected chi connectivity index (χ4v) is 3.39. The lowest BCUT2D eigenvalue weighted by Gasteiger charge is -2.33. The van der Waals surface area contributed by atoms with E-state index in [1.54, 1.807) is 6.33 Å². The number of aromatic amines is 1. The number of aromatic nitrogens is 3. The second kappa shape index (κ2) is 7.00. The van der Waals surface area contributed by atoms with Gasteiger partial charge in [-0.3, -0.25) is 0 Å². The van der Waals surface area contributed by atoms with Crippen LogP contribution in [0.1, 0.15) is 18.4 Å². The van der Waals surface area contributed by atoms with E-state index >= 15 is 0 Å².